The first-order valence-corrected chi connectivity index (χ1v) is 7.32. The lowest BCUT2D eigenvalue weighted by atomic mass is 9.94. The third-order valence-electron chi connectivity index (χ3n) is 3.75. The smallest absolute Gasteiger partial charge is 0.237 e. The number of carbonyl (C=O) groups is 1. The van der Waals surface area contributed by atoms with Crippen LogP contribution in [-0.4, -0.2) is 18.5 Å². The van der Waals surface area contributed by atoms with E-state index in [4.69, 9.17) is 0 Å². The highest BCUT2D eigenvalue weighted by Crippen LogP contribution is 2.33. The highest BCUT2D eigenvalue weighted by Gasteiger charge is 2.27. The van der Waals surface area contributed by atoms with Crippen LogP contribution in [0.5, 0.6) is 0 Å². The number of hydrogen-bond acceptors (Lipinski definition) is 3. The summed E-state index contributed by atoms with van der Waals surface area (Å²) in [6.45, 7) is 0.979. The predicted molar refractivity (Wildman–Crippen MR) is 76.4 cm³/mol. The maximum Gasteiger partial charge on any atom is 0.237 e. The largest absolute Gasteiger partial charge is 0.348 e. The Morgan fingerprint density at radius 1 is 1.39 bits per heavy atom. The number of hydrogen-bond donors (Lipinski definition) is 2. The quantitative estimate of drug-likeness (QED) is 0.877. The molecule has 1 amide bonds. The van der Waals surface area contributed by atoms with Crippen LogP contribution in [0.25, 0.3) is 0 Å². The number of fused-ring (bicyclic) bond motifs is 1. The molecule has 100 valence electrons. The summed E-state index contributed by atoms with van der Waals surface area (Å²) in [6.07, 6.45) is 5.56. The third-order valence-corrected chi connectivity index (χ3v) is 4.74. The number of halogens is 1. The van der Waals surface area contributed by atoms with E-state index in [0.29, 0.717) is 0 Å². The van der Waals surface area contributed by atoms with Crippen molar-refractivity contribution in [3.63, 3.8) is 0 Å². The molecule has 1 saturated heterocycles. The van der Waals surface area contributed by atoms with Crippen LogP contribution in [0, 0.1) is 0 Å². The van der Waals surface area contributed by atoms with Gasteiger partial charge in [-0.3, -0.25) is 4.79 Å². The van der Waals surface area contributed by atoms with Gasteiger partial charge >= 0.3 is 0 Å². The van der Waals surface area contributed by atoms with E-state index in [1.807, 2.05) is 11.3 Å². The van der Waals surface area contributed by atoms with Gasteiger partial charge in [-0.25, -0.2) is 0 Å². The molecule has 2 N–H and O–H groups in total. The monoisotopic (exact) mass is 286 g/mol. The molecular formula is C13H19ClN2OS. The van der Waals surface area contributed by atoms with E-state index in [9.17, 15) is 4.79 Å². The first-order chi connectivity index (χ1) is 8.34. The van der Waals surface area contributed by atoms with E-state index >= 15 is 0 Å². The summed E-state index contributed by atoms with van der Waals surface area (Å²) in [5, 5.41) is 8.60. The molecule has 1 fully saturated rings. The Morgan fingerprint density at radius 2 is 2.28 bits per heavy atom. The average molecular weight is 287 g/mol. The van der Waals surface area contributed by atoms with Crippen molar-refractivity contribution in [1.82, 2.24) is 10.6 Å². The van der Waals surface area contributed by atoms with E-state index in [1.54, 1.807) is 0 Å². The number of rotatable bonds is 2. The molecule has 0 radical (unpaired) electrons. The van der Waals surface area contributed by atoms with Crippen molar-refractivity contribution in [2.24, 2.45) is 0 Å². The number of aryl methyl sites for hydroxylation is 1. The first kappa shape index (κ1) is 13.8. The van der Waals surface area contributed by atoms with Gasteiger partial charge in [-0.05, 0) is 55.7 Å². The molecule has 1 aromatic heterocycles. The first-order valence-electron chi connectivity index (χ1n) is 6.44. The molecule has 5 heteroatoms. The summed E-state index contributed by atoms with van der Waals surface area (Å²) < 4.78 is 0. The van der Waals surface area contributed by atoms with Crippen molar-refractivity contribution in [2.45, 2.75) is 44.2 Å². The van der Waals surface area contributed by atoms with Crippen molar-refractivity contribution < 1.29 is 4.79 Å². The Hall–Kier alpha value is -0.580. The van der Waals surface area contributed by atoms with E-state index in [-0.39, 0.29) is 30.4 Å². The highest BCUT2D eigenvalue weighted by atomic mass is 35.5. The number of thiophene rings is 1. The minimum absolute atomic E-state index is 0. The molecule has 0 spiro atoms. The van der Waals surface area contributed by atoms with Crippen LogP contribution in [0.4, 0.5) is 0 Å². The van der Waals surface area contributed by atoms with Gasteiger partial charge in [-0.2, -0.15) is 0 Å². The average Bonchev–Trinajstić information content (AvgIpc) is 3.00. The zero-order chi connectivity index (χ0) is 11.7. The summed E-state index contributed by atoms with van der Waals surface area (Å²) in [7, 11) is 0. The van der Waals surface area contributed by atoms with Crippen LogP contribution in [0.1, 0.15) is 42.2 Å². The lowest BCUT2D eigenvalue weighted by molar-refractivity contribution is -0.123. The van der Waals surface area contributed by atoms with Crippen LogP contribution in [0.2, 0.25) is 0 Å². The molecule has 0 aromatic carbocycles. The fourth-order valence-electron chi connectivity index (χ4n) is 2.82. The Balaban J connectivity index is 0.00000120. The zero-order valence-electron chi connectivity index (χ0n) is 10.3. The van der Waals surface area contributed by atoms with Crippen molar-refractivity contribution >= 4 is 29.7 Å². The molecule has 1 aliphatic heterocycles. The second kappa shape index (κ2) is 6.04. The Bertz CT molecular complexity index is 415. The normalized spacial score (nSPS) is 26.2. The van der Waals surface area contributed by atoms with Gasteiger partial charge in [0.1, 0.15) is 0 Å². The standard InChI is InChI=1S/C13H18N2OS.ClH/c16-13(11-4-2-7-14-11)15-10-3-1-5-12-9(10)6-8-17-12;/h6,8,10-11,14H,1-5,7H2,(H,15,16);1H. The van der Waals surface area contributed by atoms with Gasteiger partial charge in [-0.1, -0.05) is 0 Å². The predicted octanol–water partition coefficient (Wildman–Crippen LogP) is 2.42. The number of nitrogens with one attached hydrogen (secondary N) is 2. The van der Waals surface area contributed by atoms with Gasteiger partial charge in [0.25, 0.3) is 0 Å². The summed E-state index contributed by atoms with van der Waals surface area (Å²) >= 11 is 1.82. The van der Waals surface area contributed by atoms with E-state index in [2.05, 4.69) is 22.1 Å². The topological polar surface area (TPSA) is 41.1 Å². The lowest BCUT2D eigenvalue weighted by Crippen LogP contribution is -2.42. The van der Waals surface area contributed by atoms with Gasteiger partial charge in [-0.15, -0.1) is 23.7 Å². The fourth-order valence-corrected chi connectivity index (χ4v) is 3.80. The Kier molecular flexibility index (Phi) is 4.65. The van der Waals surface area contributed by atoms with Crippen LogP contribution < -0.4 is 10.6 Å². The van der Waals surface area contributed by atoms with Gasteiger partial charge in [0.15, 0.2) is 0 Å². The van der Waals surface area contributed by atoms with Gasteiger partial charge in [0.05, 0.1) is 12.1 Å². The second-order valence-corrected chi connectivity index (χ2v) is 5.90. The number of carbonyl (C=O) groups excluding carboxylic acids is 1. The molecule has 0 bridgehead atoms. The number of amides is 1. The molecule has 2 heterocycles. The summed E-state index contributed by atoms with van der Waals surface area (Å²) in [6, 6.07) is 2.46. The molecular weight excluding hydrogens is 268 g/mol. The zero-order valence-corrected chi connectivity index (χ0v) is 11.9. The molecule has 3 rings (SSSR count). The third kappa shape index (κ3) is 2.71. The SMILES string of the molecule is Cl.O=C(NC1CCCc2sccc21)C1CCCN1. The lowest BCUT2D eigenvalue weighted by Gasteiger charge is -2.25. The van der Waals surface area contributed by atoms with Crippen LogP contribution in [0.3, 0.4) is 0 Å². The maximum atomic E-state index is 12.1. The molecule has 3 nitrogen and oxygen atoms in total. The van der Waals surface area contributed by atoms with Crippen LogP contribution in [0.15, 0.2) is 11.4 Å². The van der Waals surface area contributed by atoms with E-state index < -0.39 is 0 Å². The minimum Gasteiger partial charge on any atom is -0.348 e. The molecule has 1 aliphatic carbocycles. The Labute approximate surface area is 118 Å². The molecule has 2 atom stereocenters. The van der Waals surface area contributed by atoms with Gasteiger partial charge in [0.2, 0.25) is 5.91 Å². The minimum atomic E-state index is 0. The molecule has 18 heavy (non-hydrogen) atoms. The van der Waals surface area contributed by atoms with Crippen molar-refractivity contribution in [2.75, 3.05) is 6.54 Å². The molecule has 1 aromatic rings. The molecule has 0 saturated carbocycles. The van der Waals surface area contributed by atoms with Crippen molar-refractivity contribution in [1.29, 1.82) is 0 Å². The Morgan fingerprint density at radius 3 is 3.06 bits per heavy atom. The maximum absolute atomic E-state index is 12.1. The second-order valence-electron chi connectivity index (χ2n) is 4.90. The van der Waals surface area contributed by atoms with Crippen LogP contribution >= 0.6 is 23.7 Å². The van der Waals surface area contributed by atoms with Gasteiger partial charge < -0.3 is 10.6 Å². The summed E-state index contributed by atoms with van der Waals surface area (Å²) in [4.78, 5) is 13.5. The molecule has 2 unspecified atom stereocenters. The van der Waals surface area contributed by atoms with E-state index in [0.717, 1.165) is 25.8 Å². The highest BCUT2D eigenvalue weighted by molar-refractivity contribution is 7.10. The van der Waals surface area contributed by atoms with Gasteiger partial charge in [0, 0.05) is 4.88 Å². The van der Waals surface area contributed by atoms with Crippen molar-refractivity contribution in [3.05, 3.63) is 21.9 Å². The molecule has 2 aliphatic rings. The summed E-state index contributed by atoms with van der Waals surface area (Å²) in [5.41, 5.74) is 1.35. The summed E-state index contributed by atoms with van der Waals surface area (Å²) in [5.74, 6) is 0.187. The van der Waals surface area contributed by atoms with E-state index in [1.165, 1.54) is 23.3 Å². The fraction of sp³-hybridized carbons (Fsp3) is 0.615. The van der Waals surface area contributed by atoms with Crippen LogP contribution in [-0.2, 0) is 11.2 Å². The van der Waals surface area contributed by atoms with Crippen molar-refractivity contribution in [3.8, 4) is 0 Å².